The van der Waals surface area contributed by atoms with Crippen molar-refractivity contribution < 1.29 is 49.6 Å². The monoisotopic (exact) mass is 918 g/mol. The van der Waals surface area contributed by atoms with Gasteiger partial charge in [-0.2, -0.15) is 0 Å². The maximum atomic E-state index is 7.11. The van der Waals surface area contributed by atoms with E-state index in [-0.39, 0.29) is 12.7 Å². The maximum absolute atomic E-state index is 7.11. The van der Waals surface area contributed by atoms with Crippen LogP contribution in [0.4, 0.5) is 0 Å². The van der Waals surface area contributed by atoms with Gasteiger partial charge in [0.2, 0.25) is 0 Å². The molecule has 2 aliphatic rings. The number of hydrogen-bond donors (Lipinski definition) is 0. The van der Waals surface area contributed by atoms with E-state index in [1.807, 2.05) is 0 Å². The highest BCUT2D eigenvalue weighted by molar-refractivity contribution is 6.72. The van der Waals surface area contributed by atoms with Crippen LogP contribution in [-0.4, -0.2) is 141 Å². The molecule has 0 aromatic carbocycles. The van der Waals surface area contributed by atoms with Crippen molar-refractivity contribution in [3.63, 3.8) is 0 Å². The van der Waals surface area contributed by atoms with E-state index in [1.165, 1.54) is 0 Å². The Morgan fingerprint density at radius 1 is 0.291 bits per heavy atom. The van der Waals surface area contributed by atoms with Crippen molar-refractivity contribution in [3.05, 3.63) is 0 Å². The lowest BCUT2D eigenvalue weighted by Gasteiger charge is -2.53. The van der Waals surface area contributed by atoms with Crippen LogP contribution in [-0.2, 0) is 49.6 Å². The Balaban J connectivity index is 2.76. The predicted octanol–water partition coefficient (Wildman–Crippen LogP) is 9.48. The molecule has 19 heteroatoms. The third-order valence-corrected chi connectivity index (χ3v) is 15.5. The van der Waals surface area contributed by atoms with E-state index in [0.717, 1.165) is 0 Å². The lowest BCUT2D eigenvalue weighted by Crippen LogP contribution is -2.68. The summed E-state index contributed by atoms with van der Waals surface area (Å²) in [6, 6.07) is 0. The number of rotatable bonds is 20. The smallest absolute Gasteiger partial charge is 0.187 e. The molecule has 2 fully saturated rings. The molecule has 0 spiro atoms. The first-order valence-corrected chi connectivity index (χ1v) is 47.8. The Morgan fingerprint density at radius 2 is 0.564 bits per heavy atom. The fourth-order valence-electron chi connectivity index (χ4n) is 6.38. The summed E-state index contributed by atoms with van der Waals surface area (Å²) in [7, 11) is -16.8. The highest BCUT2D eigenvalue weighted by Crippen LogP contribution is 2.38. The van der Waals surface area contributed by atoms with Gasteiger partial charge in [-0.3, -0.25) is 0 Å². The lowest BCUT2D eigenvalue weighted by molar-refractivity contribution is -0.314. The van der Waals surface area contributed by atoms with E-state index in [4.69, 9.17) is 49.6 Å². The zero-order chi connectivity index (χ0) is 43.0. The van der Waals surface area contributed by atoms with Gasteiger partial charge in [-0.25, -0.2) is 0 Å². The predicted molar refractivity (Wildman–Crippen MR) is 246 cm³/mol. The Bertz CT molecular complexity index is 1180. The Labute approximate surface area is 346 Å². The van der Waals surface area contributed by atoms with Gasteiger partial charge in [-0.15, -0.1) is 0 Å². The van der Waals surface area contributed by atoms with E-state index in [0.29, 0.717) is 6.61 Å². The van der Waals surface area contributed by atoms with Gasteiger partial charge in [0.05, 0.1) is 13.2 Å². The molecule has 0 radical (unpaired) electrons. The van der Waals surface area contributed by atoms with Crippen molar-refractivity contribution in [2.75, 3.05) is 13.2 Å². The van der Waals surface area contributed by atoms with Gasteiger partial charge in [-0.05, 0) is 157 Å². The third-order valence-electron chi connectivity index (χ3n) is 7.70. The molecule has 328 valence electrons. The van der Waals surface area contributed by atoms with Crippen molar-refractivity contribution >= 4 is 66.5 Å². The summed E-state index contributed by atoms with van der Waals surface area (Å²) in [5.74, 6) is 0. The third kappa shape index (κ3) is 20.6. The summed E-state index contributed by atoms with van der Waals surface area (Å²) in [5.41, 5.74) is 0. The Kier molecular flexibility index (Phi) is 18.2. The topological polar surface area (TPSA) is 102 Å². The van der Waals surface area contributed by atoms with Crippen molar-refractivity contribution in [1.29, 1.82) is 0 Å². The van der Waals surface area contributed by atoms with Gasteiger partial charge in [0.1, 0.15) is 48.8 Å². The van der Waals surface area contributed by atoms with Gasteiger partial charge in [-0.1, -0.05) is 0 Å². The summed E-state index contributed by atoms with van der Waals surface area (Å²) in [6.45, 7) is 53.4. The summed E-state index contributed by atoms with van der Waals surface area (Å²) >= 11 is 0. The first-order valence-electron chi connectivity index (χ1n) is 20.5. The molecular weight excluding hydrogens is 833 g/mol. The quantitative estimate of drug-likeness (QED) is 0.109. The van der Waals surface area contributed by atoms with Crippen LogP contribution < -0.4 is 0 Å². The second-order valence-corrected chi connectivity index (χ2v) is 59.0. The van der Waals surface area contributed by atoms with Crippen LogP contribution in [0.5, 0.6) is 0 Å². The average Bonchev–Trinajstić information content (AvgIpc) is 2.87. The van der Waals surface area contributed by atoms with Gasteiger partial charge in [0, 0.05) is 0 Å². The molecule has 2 heterocycles. The fraction of sp³-hybridized carbons (Fsp3) is 1.00. The van der Waals surface area contributed by atoms with Crippen LogP contribution in [0.1, 0.15) is 0 Å². The summed E-state index contributed by atoms with van der Waals surface area (Å²) in [5, 5.41) is 0. The van der Waals surface area contributed by atoms with Crippen molar-refractivity contribution in [1.82, 2.24) is 0 Å². The maximum Gasteiger partial charge on any atom is 0.187 e. The highest BCUT2D eigenvalue weighted by Gasteiger charge is 2.55. The minimum Gasteiger partial charge on any atom is -0.415 e. The Morgan fingerprint density at radius 3 is 0.891 bits per heavy atom. The first-order chi connectivity index (χ1) is 24.2. The van der Waals surface area contributed by atoms with Crippen LogP contribution in [0.15, 0.2) is 0 Å². The normalized spacial score (nSPS) is 31.2. The number of hydrogen-bond acceptors (Lipinski definition) is 11. The summed E-state index contributed by atoms with van der Waals surface area (Å²) in [6.07, 6.45) is -5.02. The number of ether oxygens (including phenoxy) is 3. The molecule has 0 aliphatic carbocycles. The lowest BCUT2D eigenvalue weighted by atomic mass is 9.98. The molecule has 1 unspecified atom stereocenters. The molecule has 0 N–H and O–H groups in total. The highest BCUT2D eigenvalue weighted by atomic mass is 28.4. The molecule has 2 saturated heterocycles. The van der Waals surface area contributed by atoms with Gasteiger partial charge >= 0.3 is 0 Å². The minimum atomic E-state index is -2.17. The summed E-state index contributed by atoms with van der Waals surface area (Å²) < 4.78 is 76.8. The van der Waals surface area contributed by atoms with Gasteiger partial charge in [0.15, 0.2) is 79.1 Å². The van der Waals surface area contributed by atoms with E-state index in [2.05, 4.69) is 157 Å². The van der Waals surface area contributed by atoms with Crippen LogP contribution in [0.3, 0.4) is 0 Å². The second-order valence-electron chi connectivity index (χ2n) is 23.2. The Hall–Kier alpha value is 1.30. The van der Waals surface area contributed by atoms with E-state index in [9.17, 15) is 0 Å². The molecular formula is C36H86O11Si8. The second kappa shape index (κ2) is 19.1. The molecule has 0 saturated carbocycles. The molecule has 0 bridgehead atoms. The van der Waals surface area contributed by atoms with Gasteiger partial charge < -0.3 is 49.6 Å². The molecule has 0 aromatic rings. The van der Waals surface area contributed by atoms with Crippen LogP contribution in [0, 0.1) is 0 Å². The van der Waals surface area contributed by atoms with E-state index < -0.39 is 122 Å². The molecule has 0 amide bonds. The largest absolute Gasteiger partial charge is 0.415 e. The minimum absolute atomic E-state index is 0.170. The zero-order valence-corrected chi connectivity index (χ0v) is 47.7. The zero-order valence-electron chi connectivity index (χ0n) is 39.7. The van der Waals surface area contributed by atoms with E-state index >= 15 is 0 Å². The molecule has 2 rings (SSSR count). The standard InChI is InChI=1S/C36H86O11Si8/c1-48(2,3)38-26-28-30(42-50(7,8)9)31(43-51(10,11)12)33(45-53(16,17)18)35(39-28)37-25-27-29(41-49(4,5)6)32(44-52(13,14)15)34(46-54(19,20)21)36(40-27)47-55(22,23)24/h27-36H,25-26H2,1-24H3/t27-,28-,29-,30-,31+,32+,33-,34-,35?,36+/m1/s1. The first kappa shape index (κ1) is 52.4. The molecule has 2 aliphatic heterocycles. The summed E-state index contributed by atoms with van der Waals surface area (Å²) in [4.78, 5) is 0. The van der Waals surface area contributed by atoms with Crippen LogP contribution in [0.25, 0.3) is 0 Å². The fourth-order valence-corrected chi connectivity index (χ4v) is 14.4. The van der Waals surface area contributed by atoms with Crippen molar-refractivity contribution in [2.24, 2.45) is 0 Å². The van der Waals surface area contributed by atoms with Crippen molar-refractivity contribution in [2.45, 2.75) is 219 Å². The average molecular weight is 920 g/mol. The van der Waals surface area contributed by atoms with Crippen LogP contribution in [0.2, 0.25) is 157 Å². The van der Waals surface area contributed by atoms with Crippen molar-refractivity contribution in [3.8, 4) is 0 Å². The molecule has 55 heavy (non-hydrogen) atoms. The van der Waals surface area contributed by atoms with Crippen LogP contribution >= 0.6 is 0 Å². The molecule has 0 aromatic heterocycles. The van der Waals surface area contributed by atoms with Gasteiger partial charge in [0.25, 0.3) is 0 Å². The van der Waals surface area contributed by atoms with E-state index in [1.54, 1.807) is 0 Å². The SMILES string of the molecule is C[Si](C)(C)OC[C@H]1OC(OC[C@H]2O[C@@H](O[Si](C)(C)C)[C@H](O[Si](C)(C)C)[C@@H](O[Si](C)(C)C)[C@@H]2O[Si](C)(C)C)[C@H](O[Si](C)(C)C)[C@@H](O[Si](C)(C)C)[C@@H]1O[Si](C)(C)C. The molecule has 11 nitrogen and oxygen atoms in total. The molecule has 10 atom stereocenters.